The van der Waals surface area contributed by atoms with Gasteiger partial charge in [-0.3, -0.25) is 53.2 Å². The molecule has 30 nitrogen and oxygen atoms in total. The van der Waals surface area contributed by atoms with Gasteiger partial charge in [-0.1, -0.05) is 100 Å². The molecule has 3 aromatic carbocycles. The summed E-state index contributed by atoms with van der Waals surface area (Å²) in [6.07, 6.45) is 2.91. The fourth-order valence-corrected chi connectivity index (χ4v) is 15.7. The van der Waals surface area contributed by atoms with Crippen LogP contribution in [0.3, 0.4) is 0 Å². The number of benzene rings is 3. The van der Waals surface area contributed by atoms with E-state index in [0.29, 0.717) is 86.2 Å². The Balaban J connectivity index is 0.701. The molecule has 0 radical (unpaired) electrons. The lowest BCUT2D eigenvalue weighted by Crippen LogP contribution is -2.61. The maximum Gasteiger partial charge on any atom is 0.417 e. The van der Waals surface area contributed by atoms with Crippen molar-refractivity contribution in [2.45, 2.75) is 155 Å². The SMILES string of the molecule is Cc1cccc(C(NC(=O)[C@H](CCCNC(N)=O)NC(=O)[C@@H](NC(=O)CCCCCN2C(=O)C=CC2=O)C(C)C)OC(=O)N2C[C@H]3CN(CC4CCN(CCOc5cc([C@H](C(=O)N6C[C@H](O)C[C@H]6C(=O)N[C@@H](C)c6ccc(-c7scnc7C)cc6)C(C)C)on5)CC4)CCN3c3cc(-c4ccccc4O)nnc32)c1. The lowest BCUT2D eigenvalue weighted by atomic mass is 9.91. The average molecular weight is 1520 g/mol. The molecule has 9 N–H and O–H groups in total. The minimum atomic E-state index is -1.42. The van der Waals surface area contributed by atoms with Gasteiger partial charge in [-0.05, 0) is 125 Å². The number of primary amides is 1. The van der Waals surface area contributed by atoms with E-state index >= 15 is 4.79 Å². The Morgan fingerprint density at radius 2 is 1.52 bits per heavy atom. The van der Waals surface area contributed by atoms with E-state index in [1.54, 1.807) is 73.7 Å². The Labute approximate surface area is 637 Å². The number of aryl methyl sites for hydroxylation is 2. The van der Waals surface area contributed by atoms with Crippen LogP contribution in [0.25, 0.3) is 21.7 Å². The monoisotopic (exact) mass is 1520 g/mol. The predicted octanol–water partition coefficient (Wildman–Crippen LogP) is 6.77. The molecule has 0 spiro atoms. The number of para-hydroxylation sites is 1. The number of fused-ring (bicyclic) bond motifs is 3. The number of unbranched alkanes of at least 4 members (excludes halogenated alkanes) is 2. The molecule has 31 heteroatoms. The lowest BCUT2D eigenvalue weighted by Gasteiger charge is -2.48. The van der Waals surface area contributed by atoms with Crippen molar-refractivity contribution in [3.63, 3.8) is 0 Å². The third kappa shape index (κ3) is 20.3. The van der Waals surface area contributed by atoms with Gasteiger partial charge in [0.05, 0.1) is 52.2 Å². The van der Waals surface area contributed by atoms with Crippen molar-refractivity contribution in [1.82, 2.24) is 66.5 Å². The molecule has 582 valence electrons. The van der Waals surface area contributed by atoms with Crippen LogP contribution in [0.1, 0.15) is 139 Å². The molecule has 10 amide bonds. The van der Waals surface area contributed by atoms with Gasteiger partial charge in [0, 0.05) is 94.5 Å². The van der Waals surface area contributed by atoms with E-state index in [1.165, 1.54) is 22.0 Å². The summed E-state index contributed by atoms with van der Waals surface area (Å²) in [5, 5.41) is 49.3. The molecule has 8 atom stereocenters. The highest BCUT2D eigenvalue weighted by Crippen LogP contribution is 2.41. The first kappa shape index (κ1) is 79.7. The van der Waals surface area contributed by atoms with Crippen molar-refractivity contribution in [2.75, 3.05) is 88.4 Å². The third-order valence-corrected chi connectivity index (χ3v) is 21.8. The van der Waals surface area contributed by atoms with Gasteiger partial charge < -0.3 is 66.3 Å². The van der Waals surface area contributed by atoms with Gasteiger partial charge in [-0.15, -0.1) is 21.5 Å². The molecule has 11 rings (SSSR count). The number of anilines is 2. The highest BCUT2D eigenvalue weighted by molar-refractivity contribution is 7.13. The first-order valence-corrected chi connectivity index (χ1v) is 38.5. The number of urea groups is 1. The van der Waals surface area contributed by atoms with Gasteiger partial charge in [0.25, 0.3) is 17.7 Å². The number of carbonyl (C=O) groups is 9. The van der Waals surface area contributed by atoms with E-state index < -0.39 is 72.1 Å². The summed E-state index contributed by atoms with van der Waals surface area (Å²) in [7, 11) is 0. The minimum absolute atomic E-state index is 0.000761. The molecule has 0 aliphatic carbocycles. The van der Waals surface area contributed by atoms with Crippen LogP contribution in [-0.4, -0.2) is 212 Å². The summed E-state index contributed by atoms with van der Waals surface area (Å²) < 4.78 is 18.3. The fraction of sp³-hybridized carbons (Fsp3) is 0.500. The molecule has 8 heterocycles. The summed E-state index contributed by atoms with van der Waals surface area (Å²) in [6, 6.07) is 20.6. The number of rotatable bonds is 32. The number of piperazine rings is 1. The molecule has 3 fully saturated rings. The van der Waals surface area contributed by atoms with Gasteiger partial charge in [0.1, 0.15) is 36.4 Å². The fourth-order valence-electron chi connectivity index (χ4n) is 14.9. The molecule has 0 bridgehead atoms. The van der Waals surface area contributed by atoms with E-state index in [2.05, 4.69) is 61.6 Å². The van der Waals surface area contributed by atoms with Crippen molar-refractivity contribution in [1.29, 1.82) is 0 Å². The van der Waals surface area contributed by atoms with Gasteiger partial charge in [0.15, 0.2) is 11.6 Å². The zero-order valence-electron chi connectivity index (χ0n) is 62.8. The van der Waals surface area contributed by atoms with E-state index in [0.717, 1.165) is 64.6 Å². The number of ether oxygens (including phenoxy) is 2. The first-order valence-electron chi connectivity index (χ1n) is 37.6. The van der Waals surface area contributed by atoms with Gasteiger partial charge in [-0.2, -0.15) is 0 Å². The number of likely N-dealkylation sites (tertiary alicyclic amines) is 2. The number of nitrogens with one attached hydrogen (secondary N) is 5. The maximum atomic E-state index is 15.2. The second-order valence-electron chi connectivity index (χ2n) is 29.6. The molecule has 5 aliphatic rings. The van der Waals surface area contributed by atoms with Gasteiger partial charge >= 0.3 is 12.1 Å². The number of amides is 10. The van der Waals surface area contributed by atoms with Crippen molar-refractivity contribution >= 4 is 76.3 Å². The van der Waals surface area contributed by atoms with Crippen LogP contribution in [0.15, 0.2) is 107 Å². The van der Waals surface area contributed by atoms with Crippen molar-refractivity contribution < 1.29 is 67.4 Å². The standard InChI is InChI=1S/C78H100N16O14S/c1-46(2)68(76(103)93-44-56(95)38-61(93)73(101)82-49(6)52-21-23-53(24-22-52)70-50(7)81-45-109-70)63-40-65(88-108-63)106-36-35-89-31-27-51(28-32-89)41-90-33-34-91-55(42-90)43-94(71-60(91)39-59(86-87-71)57-17-10-11-19-62(57)96)78(105)107-75(54-16-13-15-48(5)37-54)85-72(100)58(18-14-29-80-77(79)104)83-74(102)69(47(3)4)84-64(97)20-9-8-12-30-92-66(98)25-26-67(92)99/h10-11,13,15-17,19,21-26,37,39-40,45-47,49,51,55-56,58,61,68-69,75,95-96H,8-9,12,14,18,20,27-36,38,41-44H2,1-7H3,(H,82,101)(H,83,102)(H,84,97)(H,85,100)(H3,79,80,104)/t49-,55+,56+,58-,61-,68+,69-,75?/m0/s1. The van der Waals surface area contributed by atoms with Crippen molar-refractivity contribution in [3.05, 3.63) is 131 Å². The average Bonchev–Trinajstić information content (AvgIpc) is 1.46. The Hall–Kier alpha value is -10.4. The number of aromatic hydroxyl groups is 1. The number of nitrogens with two attached hydrogens (primary N) is 1. The van der Waals surface area contributed by atoms with Gasteiger partial charge in [0.2, 0.25) is 35.8 Å². The van der Waals surface area contributed by atoms with Gasteiger partial charge in [-0.25, -0.2) is 14.6 Å². The topological polar surface area (TPSA) is 383 Å². The van der Waals surface area contributed by atoms with E-state index in [4.69, 9.17) is 19.7 Å². The predicted molar refractivity (Wildman–Crippen MR) is 406 cm³/mol. The first-order chi connectivity index (χ1) is 52.3. The van der Waals surface area contributed by atoms with Crippen molar-refractivity contribution in [2.24, 2.45) is 23.5 Å². The number of carbonyl (C=O) groups excluding carboxylic acids is 9. The molecule has 3 saturated heterocycles. The summed E-state index contributed by atoms with van der Waals surface area (Å²) in [5.41, 5.74) is 12.7. The Morgan fingerprint density at radius 1 is 0.761 bits per heavy atom. The zero-order valence-corrected chi connectivity index (χ0v) is 63.6. The molecule has 0 saturated carbocycles. The molecule has 1 unspecified atom stereocenters. The van der Waals surface area contributed by atoms with E-state index in [1.807, 2.05) is 76.5 Å². The smallest absolute Gasteiger partial charge is 0.417 e. The number of thiazole rings is 1. The summed E-state index contributed by atoms with van der Waals surface area (Å²) in [5.74, 6) is -3.59. The van der Waals surface area contributed by atoms with Crippen LogP contribution in [-0.2, 0) is 38.3 Å². The highest BCUT2D eigenvalue weighted by Gasteiger charge is 2.45. The van der Waals surface area contributed by atoms with Crippen LogP contribution in [0.2, 0.25) is 0 Å². The largest absolute Gasteiger partial charge is 0.507 e. The minimum Gasteiger partial charge on any atom is -0.507 e. The number of phenolic OH excluding ortho intramolecular Hbond substituents is 1. The van der Waals surface area contributed by atoms with Crippen LogP contribution >= 0.6 is 11.3 Å². The molecule has 5 aliphatic heterocycles. The molecular weight excluding hydrogens is 1420 g/mol. The maximum absolute atomic E-state index is 15.2. The Kier molecular flexibility index (Phi) is 26.8. The molecule has 3 aromatic heterocycles. The molecule has 6 aromatic rings. The normalized spacial score (nSPS) is 18.9. The van der Waals surface area contributed by atoms with Crippen LogP contribution in [0, 0.1) is 31.6 Å². The summed E-state index contributed by atoms with van der Waals surface area (Å²) in [6.45, 7) is 18.7. The van der Waals surface area contributed by atoms with Crippen molar-refractivity contribution in [3.8, 4) is 33.3 Å². The summed E-state index contributed by atoms with van der Waals surface area (Å²) in [4.78, 5) is 138. The highest BCUT2D eigenvalue weighted by atomic mass is 32.1. The number of hydrogen-bond acceptors (Lipinski definition) is 22. The number of imide groups is 1. The Morgan fingerprint density at radius 3 is 2.23 bits per heavy atom. The number of aliphatic hydroxyl groups is 1. The second-order valence-corrected chi connectivity index (χ2v) is 30.4. The number of aliphatic hydroxyl groups excluding tert-OH is 1. The Bertz CT molecular complexity index is 4240. The number of hydrogen-bond donors (Lipinski definition) is 8. The quantitative estimate of drug-likeness (QED) is 0.0123. The van der Waals surface area contributed by atoms with Crippen LogP contribution < -0.4 is 46.9 Å². The number of β-amino-alcohol motifs (C(OH)–C–C–N with tert-alkyl or cyclic N) is 1. The number of phenols is 1. The number of piperidine rings is 1. The van der Waals surface area contributed by atoms with Crippen LogP contribution in [0.5, 0.6) is 11.6 Å². The molecule has 109 heavy (non-hydrogen) atoms. The second kappa shape index (κ2) is 36.7. The number of nitrogens with zero attached hydrogens (tertiary/aromatic N) is 10. The van der Waals surface area contributed by atoms with E-state index in [-0.39, 0.29) is 111 Å². The van der Waals surface area contributed by atoms with Crippen LogP contribution in [0.4, 0.5) is 21.1 Å². The lowest BCUT2D eigenvalue weighted by molar-refractivity contribution is -0.141. The summed E-state index contributed by atoms with van der Waals surface area (Å²) >= 11 is 1.57. The number of aromatic nitrogens is 4. The van der Waals surface area contributed by atoms with E-state index in [9.17, 15) is 48.6 Å². The zero-order chi connectivity index (χ0) is 77.6. The third-order valence-electron chi connectivity index (χ3n) is 20.8. The molecular formula is C78H100N16O14S.